The summed E-state index contributed by atoms with van der Waals surface area (Å²) in [4.78, 5) is 13.0. The standard InChI is InChI=1S/C17H14N6O/c18-9-11-15(12-10-24-8-4-13(12)22-16(11)19)14-3-1-7-23(14)17-20-5-2-6-21-17/h1-3,5-7H,4,8,10H2,(H2,19,22). The molecule has 0 spiro atoms. The Bertz CT molecular complexity index is 942. The van der Waals surface area contributed by atoms with Gasteiger partial charge < -0.3 is 10.5 Å². The lowest BCUT2D eigenvalue weighted by molar-refractivity contribution is 0.109. The number of ether oxygens (including phenoxy) is 1. The van der Waals surface area contributed by atoms with Gasteiger partial charge in [-0.15, -0.1) is 0 Å². The van der Waals surface area contributed by atoms with Crippen LogP contribution in [0, 0.1) is 11.3 Å². The molecule has 0 unspecified atom stereocenters. The van der Waals surface area contributed by atoms with Crippen LogP contribution in [0.25, 0.3) is 17.2 Å². The van der Waals surface area contributed by atoms with Crippen molar-refractivity contribution < 1.29 is 4.74 Å². The maximum absolute atomic E-state index is 9.61. The third-order valence-electron chi connectivity index (χ3n) is 4.03. The fraction of sp³-hybridized carbons (Fsp3) is 0.176. The van der Waals surface area contributed by atoms with Crippen molar-refractivity contribution in [2.75, 3.05) is 12.3 Å². The molecule has 118 valence electrons. The van der Waals surface area contributed by atoms with Crippen LogP contribution in [0.1, 0.15) is 16.8 Å². The van der Waals surface area contributed by atoms with E-state index < -0.39 is 0 Å². The predicted octanol–water partition coefficient (Wildman–Crippen LogP) is 1.86. The Morgan fingerprint density at radius 3 is 2.88 bits per heavy atom. The zero-order chi connectivity index (χ0) is 16.5. The van der Waals surface area contributed by atoms with Crippen molar-refractivity contribution in [3.63, 3.8) is 0 Å². The Kier molecular flexibility index (Phi) is 3.44. The molecule has 0 fully saturated rings. The Morgan fingerprint density at radius 1 is 1.25 bits per heavy atom. The van der Waals surface area contributed by atoms with Crippen LogP contribution < -0.4 is 5.73 Å². The highest BCUT2D eigenvalue weighted by Gasteiger charge is 2.24. The van der Waals surface area contributed by atoms with E-state index in [2.05, 4.69) is 21.0 Å². The molecule has 0 aliphatic carbocycles. The molecule has 1 aliphatic rings. The second kappa shape index (κ2) is 5.76. The normalized spacial score (nSPS) is 13.3. The van der Waals surface area contributed by atoms with Crippen LogP contribution in [0.3, 0.4) is 0 Å². The van der Waals surface area contributed by atoms with Crippen LogP contribution in [0.15, 0.2) is 36.8 Å². The summed E-state index contributed by atoms with van der Waals surface area (Å²) < 4.78 is 7.43. The molecule has 0 amide bonds. The minimum atomic E-state index is 0.245. The van der Waals surface area contributed by atoms with E-state index in [4.69, 9.17) is 10.5 Å². The number of rotatable bonds is 2. The summed E-state index contributed by atoms with van der Waals surface area (Å²) in [5, 5.41) is 9.61. The van der Waals surface area contributed by atoms with Crippen LogP contribution in [0.2, 0.25) is 0 Å². The van der Waals surface area contributed by atoms with Crippen molar-refractivity contribution >= 4 is 5.82 Å². The van der Waals surface area contributed by atoms with E-state index in [1.807, 2.05) is 22.9 Å². The van der Waals surface area contributed by atoms with Crippen molar-refractivity contribution in [3.8, 4) is 23.3 Å². The van der Waals surface area contributed by atoms with Gasteiger partial charge in [0.25, 0.3) is 0 Å². The van der Waals surface area contributed by atoms with E-state index in [1.165, 1.54) is 0 Å². The molecular formula is C17H14N6O. The fourth-order valence-electron chi connectivity index (χ4n) is 2.97. The number of anilines is 1. The van der Waals surface area contributed by atoms with Crippen molar-refractivity contribution in [2.45, 2.75) is 13.0 Å². The second-order valence-electron chi connectivity index (χ2n) is 5.40. The number of nitriles is 1. The van der Waals surface area contributed by atoms with Gasteiger partial charge in [0, 0.05) is 36.1 Å². The second-order valence-corrected chi connectivity index (χ2v) is 5.40. The van der Waals surface area contributed by atoms with Crippen molar-refractivity contribution in [1.82, 2.24) is 19.5 Å². The summed E-state index contributed by atoms with van der Waals surface area (Å²) in [6.07, 6.45) is 5.90. The molecule has 24 heavy (non-hydrogen) atoms. The molecule has 0 atom stereocenters. The number of nitrogen functional groups attached to an aromatic ring is 1. The molecule has 3 aromatic rings. The molecule has 0 saturated carbocycles. The summed E-state index contributed by atoms with van der Waals surface area (Å²) in [5.74, 6) is 0.775. The maximum Gasteiger partial charge on any atom is 0.234 e. The topological polar surface area (TPSA) is 103 Å². The lowest BCUT2D eigenvalue weighted by atomic mass is 9.96. The Labute approximate surface area is 138 Å². The molecule has 0 saturated heterocycles. The molecule has 4 heterocycles. The molecule has 3 aromatic heterocycles. The summed E-state index contributed by atoms with van der Waals surface area (Å²) in [7, 11) is 0. The number of pyridine rings is 1. The summed E-state index contributed by atoms with van der Waals surface area (Å²) in [6, 6.07) is 7.75. The third kappa shape index (κ3) is 2.21. The van der Waals surface area contributed by atoms with E-state index in [0.29, 0.717) is 31.1 Å². The Hall–Kier alpha value is -3.24. The average molecular weight is 318 g/mol. The first-order chi connectivity index (χ1) is 11.8. The SMILES string of the molecule is N#Cc1c(N)nc2c(c1-c1cccn1-c1ncccn1)COCC2. The minimum Gasteiger partial charge on any atom is -0.383 e. The van der Waals surface area contributed by atoms with Crippen molar-refractivity contribution in [1.29, 1.82) is 5.26 Å². The number of fused-ring (bicyclic) bond motifs is 1. The highest BCUT2D eigenvalue weighted by molar-refractivity contribution is 5.78. The van der Waals surface area contributed by atoms with Crippen molar-refractivity contribution in [3.05, 3.63) is 53.6 Å². The van der Waals surface area contributed by atoms with Gasteiger partial charge in [0.1, 0.15) is 17.5 Å². The summed E-state index contributed by atoms with van der Waals surface area (Å²) in [5.41, 5.74) is 9.73. The quantitative estimate of drug-likeness (QED) is 0.773. The van der Waals surface area contributed by atoms with Crippen LogP contribution in [0.5, 0.6) is 0 Å². The van der Waals surface area contributed by atoms with E-state index in [1.54, 1.807) is 18.5 Å². The van der Waals surface area contributed by atoms with Crippen LogP contribution in [-0.2, 0) is 17.8 Å². The Morgan fingerprint density at radius 2 is 2.08 bits per heavy atom. The van der Waals surface area contributed by atoms with Gasteiger partial charge in [-0.05, 0) is 18.2 Å². The van der Waals surface area contributed by atoms with Crippen LogP contribution in [-0.4, -0.2) is 26.1 Å². The molecule has 0 bridgehead atoms. The van der Waals surface area contributed by atoms with Gasteiger partial charge in [0.15, 0.2) is 0 Å². The molecule has 4 rings (SSSR count). The van der Waals surface area contributed by atoms with Gasteiger partial charge in [-0.25, -0.2) is 15.0 Å². The number of aromatic nitrogens is 4. The number of nitrogens with two attached hydrogens (primary N) is 1. The summed E-state index contributed by atoms with van der Waals surface area (Å²) in [6.45, 7) is 1.01. The first-order valence-corrected chi connectivity index (χ1v) is 7.53. The maximum atomic E-state index is 9.61. The van der Waals surface area contributed by atoms with Crippen LogP contribution >= 0.6 is 0 Å². The zero-order valence-corrected chi connectivity index (χ0v) is 12.8. The lowest BCUT2D eigenvalue weighted by Crippen LogP contribution is -2.17. The van der Waals surface area contributed by atoms with Gasteiger partial charge in [-0.2, -0.15) is 5.26 Å². The van der Waals surface area contributed by atoms with E-state index in [9.17, 15) is 5.26 Å². The average Bonchev–Trinajstić information content (AvgIpc) is 3.10. The van der Waals surface area contributed by atoms with Crippen LogP contribution in [0.4, 0.5) is 5.82 Å². The molecule has 7 heteroatoms. The molecule has 7 nitrogen and oxygen atoms in total. The predicted molar refractivity (Wildman–Crippen MR) is 87.1 cm³/mol. The summed E-state index contributed by atoms with van der Waals surface area (Å²) >= 11 is 0. The van der Waals surface area contributed by atoms with Crippen molar-refractivity contribution in [2.24, 2.45) is 0 Å². The molecular weight excluding hydrogens is 304 g/mol. The number of nitrogens with zero attached hydrogens (tertiary/aromatic N) is 5. The highest BCUT2D eigenvalue weighted by Crippen LogP contribution is 2.35. The highest BCUT2D eigenvalue weighted by atomic mass is 16.5. The van der Waals surface area contributed by atoms with Gasteiger partial charge in [0.2, 0.25) is 5.95 Å². The molecule has 0 radical (unpaired) electrons. The smallest absolute Gasteiger partial charge is 0.234 e. The van der Waals surface area contributed by atoms with E-state index in [0.717, 1.165) is 22.5 Å². The number of hydrogen-bond acceptors (Lipinski definition) is 6. The van der Waals surface area contributed by atoms with Gasteiger partial charge >= 0.3 is 0 Å². The largest absolute Gasteiger partial charge is 0.383 e. The lowest BCUT2D eigenvalue weighted by Gasteiger charge is -2.21. The molecule has 2 N–H and O–H groups in total. The zero-order valence-electron chi connectivity index (χ0n) is 12.8. The van der Waals surface area contributed by atoms with Gasteiger partial charge in [0.05, 0.1) is 24.6 Å². The first-order valence-electron chi connectivity index (χ1n) is 7.53. The van der Waals surface area contributed by atoms with Gasteiger partial charge in [-0.1, -0.05) is 0 Å². The third-order valence-corrected chi connectivity index (χ3v) is 4.03. The molecule has 1 aliphatic heterocycles. The first kappa shape index (κ1) is 14.4. The minimum absolute atomic E-state index is 0.245. The van der Waals surface area contributed by atoms with Gasteiger partial charge in [-0.3, -0.25) is 4.57 Å². The monoisotopic (exact) mass is 318 g/mol. The Balaban J connectivity index is 2.00. The molecule has 0 aromatic carbocycles. The number of hydrogen-bond donors (Lipinski definition) is 1. The fourth-order valence-corrected chi connectivity index (χ4v) is 2.97. The van der Waals surface area contributed by atoms with E-state index >= 15 is 0 Å². The van der Waals surface area contributed by atoms with E-state index in [-0.39, 0.29) is 5.82 Å².